The molecule has 0 atom stereocenters. The summed E-state index contributed by atoms with van der Waals surface area (Å²) < 4.78 is 7.09. The van der Waals surface area contributed by atoms with Crippen molar-refractivity contribution in [3.8, 4) is 11.4 Å². The van der Waals surface area contributed by atoms with Crippen LogP contribution in [0.2, 0.25) is 0 Å². The molecule has 27 heavy (non-hydrogen) atoms. The van der Waals surface area contributed by atoms with Gasteiger partial charge in [0.05, 0.1) is 20.0 Å². The molecule has 0 spiro atoms. The number of amides is 1. The highest BCUT2D eigenvalue weighted by Crippen LogP contribution is 2.15. The number of anilines is 1. The van der Waals surface area contributed by atoms with Gasteiger partial charge in [0, 0.05) is 30.3 Å². The highest BCUT2D eigenvalue weighted by molar-refractivity contribution is 5.92. The van der Waals surface area contributed by atoms with Crippen LogP contribution in [0.3, 0.4) is 0 Å². The van der Waals surface area contributed by atoms with Crippen molar-refractivity contribution in [2.75, 3.05) is 25.5 Å². The maximum atomic E-state index is 12.3. The Hall–Kier alpha value is -3.12. The fourth-order valence-electron chi connectivity index (χ4n) is 2.80. The Morgan fingerprint density at radius 3 is 2.48 bits per heavy atom. The van der Waals surface area contributed by atoms with E-state index in [0.29, 0.717) is 6.54 Å². The molecule has 0 fully saturated rings. The third-order valence-electron chi connectivity index (χ3n) is 4.33. The molecule has 1 heterocycles. The zero-order valence-electron chi connectivity index (χ0n) is 15.6. The summed E-state index contributed by atoms with van der Waals surface area (Å²) >= 11 is 0. The molecule has 6 heteroatoms. The highest BCUT2D eigenvalue weighted by Gasteiger charge is 2.10. The number of nitrogens with one attached hydrogen (secondary N) is 1. The molecule has 0 saturated carbocycles. The van der Waals surface area contributed by atoms with Crippen LogP contribution < -0.4 is 10.1 Å². The Bertz CT molecular complexity index is 843. The van der Waals surface area contributed by atoms with E-state index in [1.165, 1.54) is 0 Å². The SMILES string of the molecule is CCN(CC(=O)Nc1ccc(OC)cc1)Cc1ccc(-n2ccnc2)cc1. The molecule has 2 aromatic carbocycles. The number of likely N-dealkylation sites (N-methyl/N-ethyl adjacent to an activating group) is 1. The molecule has 3 aromatic rings. The van der Waals surface area contributed by atoms with Crippen LogP contribution in [0.5, 0.6) is 5.75 Å². The number of benzene rings is 2. The smallest absolute Gasteiger partial charge is 0.238 e. The van der Waals surface area contributed by atoms with Gasteiger partial charge in [0.2, 0.25) is 5.91 Å². The van der Waals surface area contributed by atoms with Gasteiger partial charge in [0.1, 0.15) is 5.75 Å². The summed E-state index contributed by atoms with van der Waals surface area (Å²) in [7, 11) is 1.62. The Labute approximate surface area is 159 Å². The first-order valence-corrected chi connectivity index (χ1v) is 8.91. The molecule has 0 bridgehead atoms. The number of carbonyl (C=O) groups is 1. The van der Waals surface area contributed by atoms with Gasteiger partial charge in [-0.3, -0.25) is 9.69 Å². The number of carbonyl (C=O) groups excluding carboxylic acids is 1. The lowest BCUT2D eigenvalue weighted by Gasteiger charge is -2.20. The van der Waals surface area contributed by atoms with Crippen LogP contribution in [0, 0.1) is 0 Å². The summed E-state index contributed by atoms with van der Waals surface area (Å²) in [6.07, 6.45) is 5.45. The quantitative estimate of drug-likeness (QED) is 0.666. The zero-order valence-corrected chi connectivity index (χ0v) is 15.6. The van der Waals surface area contributed by atoms with Crippen molar-refractivity contribution >= 4 is 11.6 Å². The van der Waals surface area contributed by atoms with E-state index < -0.39 is 0 Å². The first-order chi connectivity index (χ1) is 13.2. The molecule has 6 nitrogen and oxygen atoms in total. The molecule has 0 unspecified atom stereocenters. The maximum absolute atomic E-state index is 12.3. The average Bonchev–Trinajstić information content (AvgIpc) is 3.23. The molecular formula is C21H24N4O2. The van der Waals surface area contributed by atoms with E-state index in [9.17, 15) is 4.79 Å². The molecule has 1 amide bonds. The minimum Gasteiger partial charge on any atom is -0.497 e. The van der Waals surface area contributed by atoms with Crippen LogP contribution >= 0.6 is 0 Å². The summed E-state index contributed by atoms with van der Waals surface area (Å²) in [5.74, 6) is 0.736. The van der Waals surface area contributed by atoms with Gasteiger partial charge in [-0.1, -0.05) is 19.1 Å². The topological polar surface area (TPSA) is 59.4 Å². The second-order valence-electron chi connectivity index (χ2n) is 6.22. The third-order valence-corrected chi connectivity index (χ3v) is 4.33. The van der Waals surface area contributed by atoms with Gasteiger partial charge in [-0.2, -0.15) is 0 Å². The van der Waals surface area contributed by atoms with Gasteiger partial charge in [0.15, 0.2) is 0 Å². The van der Waals surface area contributed by atoms with Crippen molar-refractivity contribution in [1.29, 1.82) is 0 Å². The first-order valence-electron chi connectivity index (χ1n) is 8.91. The summed E-state index contributed by atoms with van der Waals surface area (Å²) in [4.78, 5) is 18.5. The molecule has 0 saturated heterocycles. The van der Waals surface area contributed by atoms with Crippen molar-refractivity contribution in [3.63, 3.8) is 0 Å². The number of ether oxygens (including phenoxy) is 1. The molecule has 1 aromatic heterocycles. The van der Waals surface area contributed by atoms with Crippen LogP contribution in [0.15, 0.2) is 67.3 Å². The normalized spacial score (nSPS) is 10.8. The molecule has 1 N–H and O–H groups in total. The van der Waals surface area contributed by atoms with Crippen molar-refractivity contribution in [2.24, 2.45) is 0 Å². The van der Waals surface area contributed by atoms with Gasteiger partial charge in [-0.25, -0.2) is 4.98 Å². The Morgan fingerprint density at radius 1 is 1.15 bits per heavy atom. The summed E-state index contributed by atoms with van der Waals surface area (Å²) in [5.41, 5.74) is 3.00. The third kappa shape index (κ3) is 5.18. The maximum Gasteiger partial charge on any atom is 0.238 e. The van der Waals surface area contributed by atoms with E-state index in [1.807, 2.05) is 35.0 Å². The number of rotatable bonds is 8. The summed E-state index contributed by atoms with van der Waals surface area (Å²) in [6.45, 7) is 3.91. The highest BCUT2D eigenvalue weighted by atomic mass is 16.5. The lowest BCUT2D eigenvalue weighted by molar-refractivity contribution is -0.117. The fourth-order valence-corrected chi connectivity index (χ4v) is 2.80. The van der Waals surface area contributed by atoms with Crippen molar-refractivity contribution in [1.82, 2.24) is 14.5 Å². The minimum absolute atomic E-state index is 0.0305. The number of imidazole rings is 1. The van der Waals surface area contributed by atoms with Crippen LogP contribution in [-0.2, 0) is 11.3 Å². The standard InChI is InChI=1S/C21H24N4O2/c1-3-24(15-21(26)23-18-6-10-20(27-2)11-7-18)14-17-4-8-19(9-5-17)25-13-12-22-16-25/h4-13,16H,3,14-15H2,1-2H3,(H,23,26). The van der Waals surface area contributed by atoms with Gasteiger partial charge >= 0.3 is 0 Å². The molecule has 3 rings (SSSR count). The van der Waals surface area contributed by atoms with Gasteiger partial charge in [0.25, 0.3) is 0 Å². The average molecular weight is 364 g/mol. The second kappa shape index (κ2) is 9.00. The number of aromatic nitrogens is 2. The molecular weight excluding hydrogens is 340 g/mol. The molecule has 0 radical (unpaired) electrons. The Kier molecular flexibility index (Phi) is 6.22. The van der Waals surface area contributed by atoms with Gasteiger partial charge in [-0.05, 0) is 48.5 Å². The Morgan fingerprint density at radius 2 is 1.89 bits per heavy atom. The van der Waals surface area contributed by atoms with E-state index in [-0.39, 0.29) is 5.91 Å². The lowest BCUT2D eigenvalue weighted by Crippen LogP contribution is -2.32. The van der Waals surface area contributed by atoms with Gasteiger partial charge < -0.3 is 14.6 Å². The van der Waals surface area contributed by atoms with Crippen LogP contribution in [-0.4, -0.2) is 40.6 Å². The van der Waals surface area contributed by atoms with Crippen LogP contribution in [0.25, 0.3) is 5.69 Å². The van der Waals surface area contributed by atoms with E-state index in [2.05, 4.69) is 46.4 Å². The number of methoxy groups -OCH3 is 1. The molecule has 0 aliphatic heterocycles. The monoisotopic (exact) mass is 364 g/mol. The van der Waals surface area contributed by atoms with E-state index in [0.717, 1.165) is 35.8 Å². The van der Waals surface area contributed by atoms with Crippen LogP contribution in [0.1, 0.15) is 12.5 Å². The first kappa shape index (κ1) is 18.7. The van der Waals surface area contributed by atoms with Crippen molar-refractivity contribution < 1.29 is 9.53 Å². The lowest BCUT2D eigenvalue weighted by atomic mass is 10.2. The van der Waals surface area contributed by atoms with Crippen LogP contribution in [0.4, 0.5) is 5.69 Å². The number of nitrogens with zero attached hydrogens (tertiary/aromatic N) is 3. The molecule has 0 aliphatic carbocycles. The summed E-state index contributed by atoms with van der Waals surface area (Å²) in [5, 5.41) is 2.93. The molecule has 0 aliphatic rings. The molecule has 140 valence electrons. The zero-order chi connectivity index (χ0) is 19.1. The second-order valence-corrected chi connectivity index (χ2v) is 6.22. The van der Waals surface area contributed by atoms with E-state index >= 15 is 0 Å². The van der Waals surface area contributed by atoms with Gasteiger partial charge in [-0.15, -0.1) is 0 Å². The number of hydrogen-bond donors (Lipinski definition) is 1. The van der Waals surface area contributed by atoms with Crippen molar-refractivity contribution in [3.05, 3.63) is 72.8 Å². The van der Waals surface area contributed by atoms with Crippen molar-refractivity contribution in [2.45, 2.75) is 13.5 Å². The summed E-state index contributed by atoms with van der Waals surface area (Å²) in [6, 6.07) is 15.6. The fraction of sp³-hybridized carbons (Fsp3) is 0.238. The predicted molar refractivity (Wildman–Crippen MR) is 106 cm³/mol. The van der Waals surface area contributed by atoms with E-state index in [1.54, 1.807) is 19.6 Å². The Balaban J connectivity index is 1.55. The predicted octanol–water partition coefficient (Wildman–Crippen LogP) is 3.34. The van der Waals surface area contributed by atoms with E-state index in [4.69, 9.17) is 4.74 Å². The largest absolute Gasteiger partial charge is 0.497 e. The number of hydrogen-bond acceptors (Lipinski definition) is 4. The minimum atomic E-state index is -0.0305.